The van der Waals surface area contributed by atoms with E-state index in [4.69, 9.17) is 4.98 Å². The van der Waals surface area contributed by atoms with Crippen LogP contribution in [-0.2, 0) is 18.9 Å². The second-order valence-electron chi connectivity index (χ2n) is 10.9. The molecular formula is C35H29F6N3O. The highest BCUT2D eigenvalue weighted by Gasteiger charge is 2.39. The van der Waals surface area contributed by atoms with Gasteiger partial charge in [0.1, 0.15) is 5.82 Å². The number of carbonyl (C=O) groups is 1. The van der Waals surface area contributed by atoms with Gasteiger partial charge in [-0.2, -0.15) is 26.3 Å². The molecule has 0 spiro atoms. The predicted molar refractivity (Wildman–Crippen MR) is 162 cm³/mol. The number of nitrogens with one attached hydrogen (secondary N) is 1. The molecule has 4 aromatic carbocycles. The van der Waals surface area contributed by atoms with Crippen molar-refractivity contribution in [2.75, 3.05) is 7.05 Å². The highest BCUT2D eigenvalue weighted by Crippen LogP contribution is 2.44. The topological polar surface area (TPSA) is 46.9 Å². The van der Waals surface area contributed by atoms with Gasteiger partial charge in [-0.25, -0.2) is 4.98 Å². The molecule has 1 heterocycles. The van der Waals surface area contributed by atoms with E-state index in [-0.39, 0.29) is 24.3 Å². The molecule has 0 aliphatic rings. The number of imidazole rings is 1. The van der Waals surface area contributed by atoms with Gasteiger partial charge in [-0.05, 0) is 56.2 Å². The van der Waals surface area contributed by atoms with Crippen molar-refractivity contribution in [3.05, 3.63) is 124 Å². The van der Waals surface area contributed by atoms with Gasteiger partial charge < -0.3 is 9.88 Å². The number of aromatic nitrogens is 2. The number of hydrogen-bond donors (Lipinski definition) is 1. The molecule has 45 heavy (non-hydrogen) atoms. The summed E-state index contributed by atoms with van der Waals surface area (Å²) in [5, 5.41) is 2.54. The molecule has 0 aliphatic heterocycles. The molecule has 1 aromatic heterocycles. The highest BCUT2D eigenvalue weighted by atomic mass is 19.4. The van der Waals surface area contributed by atoms with E-state index in [1.54, 1.807) is 28.8 Å². The molecule has 0 bridgehead atoms. The van der Waals surface area contributed by atoms with Crippen LogP contribution in [0.15, 0.2) is 84.9 Å². The number of carbonyl (C=O) groups excluding carboxylic acids is 1. The molecule has 1 N–H and O–H groups in total. The summed E-state index contributed by atoms with van der Waals surface area (Å²) >= 11 is 0. The van der Waals surface area contributed by atoms with Crippen LogP contribution in [0, 0.1) is 20.8 Å². The Morgan fingerprint density at radius 1 is 0.756 bits per heavy atom. The Labute approximate surface area is 256 Å². The van der Waals surface area contributed by atoms with Gasteiger partial charge in [-0.3, -0.25) is 4.79 Å². The van der Waals surface area contributed by atoms with E-state index in [9.17, 15) is 31.1 Å². The number of amides is 1. The van der Waals surface area contributed by atoms with Crippen LogP contribution in [0.3, 0.4) is 0 Å². The van der Waals surface area contributed by atoms with E-state index in [0.29, 0.717) is 39.7 Å². The summed E-state index contributed by atoms with van der Waals surface area (Å²) in [6.07, 6.45) is -10.1. The lowest BCUT2D eigenvalue weighted by molar-refractivity contribution is -0.142. The first-order valence-electron chi connectivity index (χ1n) is 14.0. The van der Waals surface area contributed by atoms with Crippen LogP contribution < -0.4 is 5.32 Å². The van der Waals surface area contributed by atoms with Crippen LogP contribution >= 0.6 is 0 Å². The normalized spacial score (nSPS) is 12.0. The zero-order chi connectivity index (χ0) is 32.7. The van der Waals surface area contributed by atoms with Crippen molar-refractivity contribution >= 4 is 5.91 Å². The molecular weight excluding hydrogens is 592 g/mol. The maximum atomic E-state index is 14.5. The lowest BCUT2D eigenvalue weighted by atomic mass is 9.98. The molecule has 0 saturated heterocycles. The fraction of sp³-hybridized carbons (Fsp3) is 0.200. The number of nitrogens with zero attached hydrogens (tertiary/aromatic N) is 2. The maximum Gasteiger partial charge on any atom is 0.417 e. The zero-order valence-electron chi connectivity index (χ0n) is 24.9. The first-order chi connectivity index (χ1) is 21.2. The summed E-state index contributed by atoms with van der Waals surface area (Å²) in [4.78, 5) is 16.9. The molecule has 4 nitrogen and oxygen atoms in total. The smallest absolute Gasteiger partial charge is 0.355 e. The van der Waals surface area contributed by atoms with Crippen LogP contribution in [0.5, 0.6) is 0 Å². The number of benzene rings is 4. The van der Waals surface area contributed by atoms with E-state index >= 15 is 0 Å². The Morgan fingerprint density at radius 3 is 1.96 bits per heavy atom. The van der Waals surface area contributed by atoms with E-state index in [2.05, 4.69) is 5.32 Å². The first-order valence-corrected chi connectivity index (χ1v) is 14.0. The van der Waals surface area contributed by atoms with Gasteiger partial charge >= 0.3 is 12.4 Å². The van der Waals surface area contributed by atoms with Gasteiger partial charge in [0.15, 0.2) is 0 Å². The molecule has 0 radical (unpaired) electrons. The van der Waals surface area contributed by atoms with Crippen LogP contribution in [0.4, 0.5) is 26.3 Å². The van der Waals surface area contributed by atoms with Crippen molar-refractivity contribution < 1.29 is 31.1 Å². The predicted octanol–water partition coefficient (Wildman–Crippen LogP) is 9.25. The number of hydrogen-bond acceptors (Lipinski definition) is 2. The molecule has 5 rings (SSSR count). The number of halogens is 6. The van der Waals surface area contributed by atoms with Crippen molar-refractivity contribution in [1.82, 2.24) is 14.9 Å². The van der Waals surface area contributed by atoms with E-state index in [1.165, 1.54) is 7.05 Å². The van der Waals surface area contributed by atoms with Gasteiger partial charge in [0, 0.05) is 35.8 Å². The Bertz CT molecular complexity index is 1870. The third-order valence-corrected chi connectivity index (χ3v) is 7.61. The summed E-state index contributed by atoms with van der Waals surface area (Å²) in [5.74, 6) is -0.445. The summed E-state index contributed by atoms with van der Waals surface area (Å²) < 4.78 is 85.8. The molecule has 0 unspecified atom stereocenters. The van der Waals surface area contributed by atoms with Gasteiger partial charge in [-0.1, -0.05) is 71.8 Å². The van der Waals surface area contributed by atoms with Gasteiger partial charge in [0.05, 0.1) is 22.5 Å². The minimum absolute atomic E-state index is 0.0167. The van der Waals surface area contributed by atoms with Crippen LogP contribution in [0.1, 0.15) is 43.7 Å². The SMILES string of the molecule is CNC(=O)c1ccc(Cn2c(-c3ccc(C(F)(F)F)cc3C(F)(F)F)nc(-c3ccc(C)cc3C)c2-c2ccc(C)cc2)cc1. The van der Waals surface area contributed by atoms with Gasteiger partial charge in [0.2, 0.25) is 0 Å². The monoisotopic (exact) mass is 621 g/mol. The standard InChI is InChI=1S/C35H29F6N3O/c1-20-5-10-24(11-6-20)31-30(27-15-7-21(2)17-22(27)3)43-32(44(31)19-23-8-12-25(13-9-23)33(45)42-4)28-16-14-26(34(36,37)38)18-29(28)35(39,40)41/h5-18H,19H2,1-4H3,(H,42,45). The van der Waals surface area contributed by atoms with Crippen molar-refractivity contribution in [3.8, 4) is 33.9 Å². The zero-order valence-corrected chi connectivity index (χ0v) is 24.9. The second kappa shape index (κ2) is 11.9. The number of alkyl halides is 6. The minimum Gasteiger partial charge on any atom is -0.355 e. The van der Waals surface area contributed by atoms with Crippen LogP contribution in [0.2, 0.25) is 0 Å². The third kappa shape index (κ3) is 6.50. The Kier molecular flexibility index (Phi) is 8.35. The Balaban J connectivity index is 1.85. The van der Waals surface area contributed by atoms with E-state index in [0.717, 1.165) is 22.8 Å². The van der Waals surface area contributed by atoms with Gasteiger partial charge in [0.25, 0.3) is 5.91 Å². The summed E-state index contributed by atoms with van der Waals surface area (Å²) in [6.45, 7) is 5.71. The minimum atomic E-state index is -5.10. The first kappa shape index (κ1) is 31.6. The van der Waals surface area contributed by atoms with Crippen molar-refractivity contribution in [2.45, 2.75) is 39.7 Å². The molecule has 0 saturated carbocycles. The molecule has 0 aliphatic carbocycles. The largest absolute Gasteiger partial charge is 0.417 e. The number of rotatable bonds is 6. The summed E-state index contributed by atoms with van der Waals surface area (Å²) in [6, 6.07) is 21.2. The van der Waals surface area contributed by atoms with Crippen molar-refractivity contribution in [3.63, 3.8) is 0 Å². The van der Waals surface area contributed by atoms with Crippen molar-refractivity contribution in [1.29, 1.82) is 0 Å². The third-order valence-electron chi connectivity index (χ3n) is 7.61. The average Bonchev–Trinajstić information content (AvgIpc) is 3.34. The quantitative estimate of drug-likeness (QED) is 0.192. The lowest BCUT2D eigenvalue weighted by Gasteiger charge is -2.18. The van der Waals surface area contributed by atoms with Gasteiger partial charge in [-0.15, -0.1) is 0 Å². The highest BCUT2D eigenvalue weighted by molar-refractivity contribution is 5.94. The summed E-state index contributed by atoms with van der Waals surface area (Å²) in [5.41, 5.74) is 2.70. The average molecular weight is 622 g/mol. The van der Waals surface area contributed by atoms with Crippen molar-refractivity contribution in [2.24, 2.45) is 0 Å². The maximum absolute atomic E-state index is 14.5. The molecule has 10 heteroatoms. The fourth-order valence-electron chi connectivity index (χ4n) is 5.32. The van der Waals surface area contributed by atoms with E-state index < -0.39 is 29.0 Å². The van der Waals surface area contributed by atoms with Crippen LogP contribution in [0.25, 0.3) is 33.9 Å². The van der Waals surface area contributed by atoms with E-state index in [1.807, 2.05) is 63.2 Å². The fourth-order valence-corrected chi connectivity index (χ4v) is 5.32. The second-order valence-corrected chi connectivity index (χ2v) is 10.9. The summed E-state index contributed by atoms with van der Waals surface area (Å²) in [7, 11) is 1.50. The molecule has 232 valence electrons. The van der Waals surface area contributed by atoms with Crippen LogP contribution in [-0.4, -0.2) is 22.5 Å². The molecule has 1 amide bonds. The molecule has 0 atom stereocenters. The number of aryl methyl sites for hydroxylation is 3. The molecule has 0 fully saturated rings. The lowest BCUT2D eigenvalue weighted by Crippen LogP contribution is -2.17. The molecule has 5 aromatic rings. The Morgan fingerprint density at radius 2 is 1.38 bits per heavy atom. The Hall–Kier alpha value is -4.86.